The Balaban J connectivity index is 1.52. The maximum Gasteiger partial charge on any atom is 0.151 e. The first-order valence-corrected chi connectivity index (χ1v) is 9.79. The molecule has 2 bridgehead atoms. The van der Waals surface area contributed by atoms with Gasteiger partial charge in [-0.15, -0.1) is 0 Å². The standard InChI is InChI=1S/C20H19N7O/c21-7-13-17(11-2-1-3-16-19(11)27-28-26-16)14-9-23-25-20(14)24-18(13)12-6-10-4-5-15(12)22-8-10/h1-3,9-10,12-13,15,17,22H,4-6,8H2,(H,23,25)/t10-,12-,13?,15+,17?/m1/s1. The van der Waals surface area contributed by atoms with Gasteiger partial charge in [-0.05, 0) is 53.7 Å². The molecule has 140 valence electrons. The SMILES string of the molecule is N#CC1C([C@@H]2C[C@H]3CC[C@@H]2NC3)=Nc2[nH]ncc2C1c1cccc2nonc12. The van der Waals surface area contributed by atoms with Gasteiger partial charge in [-0.2, -0.15) is 10.4 Å². The maximum atomic E-state index is 10.2. The fourth-order valence-corrected chi connectivity index (χ4v) is 5.37. The van der Waals surface area contributed by atoms with E-state index >= 15 is 0 Å². The van der Waals surface area contributed by atoms with E-state index < -0.39 is 0 Å². The minimum Gasteiger partial charge on any atom is -0.313 e. The molecule has 7 rings (SSSR count). The van der Waals surface area contributed by atoms with Crippen molar-refractivity contribution in [2.24, 2.45) is 22.7 Å². The van der Waals surface area contributed by atoms with Crippen LogP contribution in [0.3, 0.4) is 0 Å². The zero-order chi connectivity index (χ0) is 18.7. The molecule has 3 aromatic rings. The minimum atomic E-state index is -0.362. The molecule has 1 aromatic carbocycles. The summed E-state index contributed by atoms with van der Waals surface area (Å²) in [6, 6.07) is 8.78. The van der Waals surface area contributed by atoms with Crippen LogP contribution in [0.5, 0.6) is 0 Å². The van der Waals surface area contributed by atoms with Gasteiger partial charge < -0.3 is 5.32 Å². The smallest absolute Gasteiger partial charge is 0.151 e. The van der Waals surface area contributed by atoms with Gasteiger partial charge in [0.1, 0.15) is 11.0 Å². The fraction of sp³-hybridized carbons (Fsp3) is 0.450. The summed E-state index contributed by atoms with van der Waals surface area (Å²) in [5.74, 6) is 1.15. The van der Waals surface area contributed by atoms with Gasteiger partial charge in [0.25, 0.3) is 0 Å². The predicted octanol–water partition coefficient (Wildman–Crippen LogP) is 2.69. The molecule has 2 N–H and O–H groups in total. The van der Waals surface area contributed by atoms with E-state index in [2.05, 4.69) is 31.9 Å². The van der Waals surface area contributed by atoms with Crippen LogP contribution >= 0.6 is 0 Å². The molecule has 1 saturated carbocycles. The molecule has 0 radical (unpaired) electrons. The van der Waals surface area contributed by atoms with Gasteiger partial charge in [0, 0.05) is 29.2 Å². The number of nitrogens with zero attached hydrogens (tertiary/aromatic N) is 5. The van der Waals surface area contributed by atoms with Crippen molar-refractivity contribution in [3.63, 3.8) is 0 Å². The van der Waals surface area contributed by atoms with Gasteiger partial charge in [0.2, 0.25) is 0 Å². The van der Waals surface area contributed by atoms with Crippen molar-refractivity contribution in [1.82, 2.24) is 25.8 Å². The second kappa shape index (κ2) is 5.97. The van der Waals surface area contributed by atoms with Crippen molar-refractivity contribution in [2.75, 3.05) is 6.54 Å². The molecule has 8 heteroatoms. The Morgan fingerprint density at radius 2 is 2.14 bits per heavy atom. The van der Waals surface area contributed by atoms with Crippen LogP contribution in [0.4, 0.5) is 5.82 Å². The number of fused-ring (bicyclic) bond motifs is 5. The molecule has 2 aromatic heterocycles. The molecule has 2 unspecified atom stereocenters. The van der Waals surface area contributed by atoms with E-state index in [9.17, 15) is 5.26 Å². The largest absolute Gasteiger partial charge is 0.313 e. The van der Waals surface area contributed by atoms with Crippen LogP contribution in [0.2, 0.25) is 0 Å². The Kier molecular flexibility index (Phi) is 3.40. The number of aromatic nitrogens is 4. The van der Waals surface area contributed by atoms with Gasteiger partial charge in [0.15, 0.2) is 5.82 Å². The Morgan fingerprint density at radius 3 is 2.93 bits per heavy atom. The van der Waals surface area contributed by atoms with Crippen molar-refractivity contribution in [2.45, 2.75) is 31.2 Å². The second-order valence-electron chi connectivity index (χ2n) is 8.07. The molecule has 8 nitrogen and oxygen atoms in total. The number of nitrogens with one attached hydrogen (secondary N) is 2. The molecule has 28 heavy (non-hydrogen) atoms. The van der Waals surface area contributed by atoms with Gasteiger partial charge in [-0.25, -0.2) is 9.62 Å². The number of hydrogen-bond donors (Lipinski definition) is 2. The van der Waals surface area contributed by atoms with Crippen molar-refractivity contribution < 1.29 is 4.63 Å². The van der Waals surface area contributed by atoms with Gasteiger partial charge >= 0.3 is 0 Å². The second-order valence-corrected chi connectivity index (χ2v) is 8.07. The van der Waals surface area contributed by atoms with Crippen molar-refractivity contribution in [1.29, 1.82) is 5.26 Å². The first-order chi connectivity index (χ1) is 13.8. The zero-order valence-electron chi connectivity index (χ0n) is 15.2. The normalized spacial score (nSPS) is 31.4. The summed E-state index contributed by atoms with van der Waals surface area (Å²) in [4.78, 5) is 4.92. The number of piperidine rings is 2. The van der Waals surface area contributed by atoms with Gasteiger partial charge in [0.05, 0.1) is 18.2 Å². The quantitative estimate of drug-likeness (QED) is 0.713. The Morgan fingerprint density at radius 1 is 1.18 bits per heavy atom. The summed E-state index contributed by atoms with van der Waals surface area (Å²) in [7, 11) is 0. The lowest BCUT2D eigenvalue weighted by molar-refractivity contribution is 0.175. The number of rotatable bonds is 2. The number of aromatic amines is 1. The van der Waals surface area contributed by atoms with Crippen LogP contribution in [0.1, 0.15) is 36.3 Å². The van der Waals surface area contributed by atoms with E-state index in [0.29, 0.717) is 23.0 Å². The van der Waals surface area contributed by atoms with E-state index in [1.54, 1.807) is 6.20 Å². The van der Waals surface area contributed by atoms with Crippen molar-refractivity contribution in [3.8, 4) is 6.07 Å². The summed E-state index contributed by atoms with van der Waals surface area (Å²) in [5.41, 5.74) is 4.24. The van der Waals surface area contributed by atoms with Crippen LogP contribution in [-0.2, 0) is 0 Å². The third-order valence-corrected chi connectivity index (χ3v) is 6.67. The highest BCUT2D eigenvalue weighted by atomic mass is 16.6. The van der Waals surface area contributed by atoms with Crippen LogP contribution < -0.4 is 5.32 Å². The molecule has 1 aliphatic carbocycles. The molecular weight excluding hydrogens is 354 g/mol. The maximum absolute atomic E-state index is 10.2. The number of aliphatic imine (C=N–C) groups is 1. The molecule has 0 spiro atoms. The van der Waals surface area contributed by atoms with Crippen molar-refractivity contribution in [3.05, 3.63) is 35.5 Å². The minimum absolute atomic E-state index is 0.192. The third-order valence-electron chi connectivity index (χ3n) is 6.67. The lowest BCUT2D eigenvalue weighted by Crippen LogP contribution is -2.54. The highest BCUT2D eigenvalue weighted by Gasteiger charge is 2.45. The summed E-state index contributed by atoms with van der Waals surface area (Å²) < 4.78 is 4.97. The van der Waals surface area contributed by atoms with Gasteiger partial charge in [-0.1, -0.05) is 12.1 Å². The first-order valence-electron chi connectivity index (χ1n) is 9.79. The third kappa shape index (κ3) is 2.20. The fourth-order valence-electron chi connectivity index (χ4n) is 5.37. The number of H-pyrrole nitrogens is 1. The molecule has 0 amide bonds. The van der Waals surface area contributed by atoms with Crippen LogP contribution in [0.15, 0.2) is 34.0 Å². The van der Waals surface area contributed by atoms with E-state index in [1.165, 1.54) is 6.42 Å². The van der Waals surface area contributed by atoms with Crippen LogP contribution in [0.25, 0.3) is 11.0 Å². The molecule has 4 aliphatic rings. The van der Waals surface area contributed by atoms with E-state index in [4.69, 9.17) is 9.62 Å². The molecule has 3 fully saturated rings. The molecular formula is C20H19N7O. The number of benzene rings is 1. The summed E-state index contributed by atoms with van der Waals surface area (Å²) in [6.07, 6.45) is 5.29. The molecule has 3 aliphatic heterocycles. The van der Waals surface area contributed by atoms with Crippen LogP contribution in [0, 0.1) is 29.1 Å². The highest BCUT2D eigenvalue weighted by Crippen LogP contribution is 2.47. The molecule has 5 heterocycles. The van der Waals surface area contributed by atoms with E-state index in [1.807, 2.05) is 18.2 Å². The monoisotopic (exact) mass is 373 g/mol. The molecule has 5 atom stereocenters. The number of hydrogen-bond acceptors (Lipinski definition) is 7. The Hall–Kier alpha value is -3.05. The molecule has 2 saturated heterocycles. The summed E-state index contributed by atoms with van der Waals surface area (Å²) in [5, 5.41) is 29.2. The van der Waals surface area contributed by atoms with Crippen molar-refractivity contribution >= 4 is 22.6 Å². The zero-order valence-corrected chi connectivity index (χ0v) is 15.2. The topological polar surface area (TPSA) is 116 Å². The Bertz CT molecular complexity index is 1110. The Labute approximate surface area is 161 Å². The summed E-state index contributed by atoms with van der Waals surface area (Å²) in [6.45, 7) is 1.08. The van der Waals surface area contributed by atoms with Crippen LogP contribution in [-0.4, -0.2) is 38.8 Å². The predicted molar refractivity (Wildman–Crippen MR) is 101 cm³/mol. The number of nitriles is 1. The lowest BCUT2D eigenvalue weighted by atomic mass is 9.66. The average Bonchev–Trinajstić information content (AvgIpc) is 3.42. The first kappa shape index (κ1) is 16.0. The average molecular weight is 373 g/mol. The van der Waals surface area contributed by atoms with Gasteiger partial charge in [-0.3, -0.25) is 5.10 Å². The summed E-state index contributed by atoms with van der Waals surface area (Å²) >= 11 is 0. The highest BCUT2D eigenvalue weighted by molar-refractivity contribution is 5.97. The lowest BCUT2D eigenvalue weighted by Gasteiger charge is -2.45. The van der Waals surface area contributed by atoms with E-state index in [0.717, 1.165) is 42.0 Å². The van der Waals surface area contributed by atoms with E-state index in [-0.39, 0.29) is 17.8 Å².